The highest BCUT2D eigenvalue weighted by Crippen LogP contribution is 2.31. The van der Waals surface area contributed by atoms with Crippen LogP contribution in [0.25, 0.3) is 33.5 Å². The number of halogens is 1. The van der Waals surface area contributed by atoms with E-state index in [0.29, 0.717) is 52.0 Å². The number of rotatable bonds is 6. The number of piperazine rings is 1. The minimum absolute atomic E-state index is 0.152. The van der Waals surface area contributed by atoms with E-state index >= 15 is 0 Å². The van der Waals surface area contributed by atoms with E-state index < -0.39 is 0 Å². The number of nitrogens with zero attached hydrogens (tertiary/aromatic N) is 8. The predicted octanol–water partition coefficient (Wildman–Crippen LogP) is 3.65. The molecule has 1 aliphatic heterocycles. The molecule has 198 valence electrons. The van der Waals surface area contributed by atoms with E-state index in [0.717, 1.165) is 37.1 Å². The van der Waals surface area contributed by atoms with Crippen molar-refractivity contribution in [2.75, 3.05) is 38.1 Å². The number of tetrazole rings is 1. The highest BCUT2D eigenvalue weighted by Gasteiger charge is 2.17. The zero-order valence-corrected chi connectivity index (χ0v) is 22.6. The molecule has 3 aromatic heterocycles. The maximum absolute atomic E-state index is 13.6. The number of pyridine rings is 1. The summed E-state index contributed by atoms with van der Waals surface area (Å²) in [6, 6.07) is 15.8. The lowest BCUT2D eigenvalue weighted by Crippen LogP contribution is -2.44. The van der Waals surface area contributed by atoms with Gasteiger partial charge in [0.15, 0.2) is 0 Å². The Morgan fingerprint density at radius 2 is 1.79 bits per heavy atom. The molecule has 1 fully saturated rings. The zero-order valence-electron chi connectivity index (χ0n) is 21.8. The lowest BCUT2D eigenvalue weighted by molar-refractivity contribution is 0.313. The number of nitrogens with one attached hydrogen (secondary N) is 1. The number of hydrogen-bond donors (Lipinski definition) is 1. The van der Waals surface area contributed by atoms with Gasteiger partial charge in [0.1, 0.15) is 11.5 Å². The molecular formula is C28H28ClN9O. The third-order valence-corrected chi connectivity index (χ3v) is 7.54. The molecule has 0 radical (unpaired) electrons. The molecule has 11 heteroatoms. The van der Waals surface area contributed by atoms with Gasteiger partial charge in [-0.05, 0) is 49.0 Å². The maximum atomic E-state index is 13.6. The van der Waals surface area contributed by atoms with Crippen LogP contribution in [0.3, 0.4) is 0 Å². The Morgan fingerprint density at radius 1 is 1.00 bits per heavy atom. The molecule has 4 heterocycles. The number of likely N-dealkylation sites (N-methyl/N-ethyl adjacent to an activating group) is 1. The van der Waals surface area contributed by atoms with Gasteiger partial charge in [0.25, 0.3) is 5.56 Å². The minimum Gasteiger partial charge on any atom is -0.369 e. The first kappa shape index (κ1) is 25.1. The van der Waals surface area contributed by atoms with E-state index in [1.807, 2.05) is 19.1 Å². The largest absolute Gasteiger partial charge is 0.369 e. The van der Waals surface area contributed by atoms with E-state index in [-0.39, 0.29) is 5.56 Å². The molecule has 2 aromatic carbocycles. The van der Waals surface area contributed by atoms with Crippen LogP contribution in [0.1, 0.15) is 18.3 Å². The summed E-state index contributed by atoms with van der Waals surface area (Å²) in [5.41, 5.74) is 4.65. The number of hydrogen-bond acceptors (Lipinski definition) is 8. The van der Waals surface area contributed by atoms with Crippen LogP contribution in [-0.2, 0) is 13.0 Å². The highest BCUT2D eigenvalue weighted by atomic mass is 35.5. The van der Waals surface area contributed by atoms with Crippen molar-refractivity contribution in [1.29, 1.82) is 0 Å². The third kappa shape index (κ3) is 5.00. The number of benzene rings is 2. The molecule has 1 saturated heterocycles. The van der Waals surface area contributed by atoms with Crippen molar-refractivity contribution >= 4 is 28.3 Å². The Labute approximate surface area is 230 Å². The molecule has 10 nitrogen and oxygen atoms in total. The Kier molecular flexibility index (Phi) is 6.80. The van der Waals surface area contributed by atoms with Gasteiger partial charge < -0.3 is 9.80 Å². The van der Waals surface area contributed by atoms with Crippen LogP contribution in [0.4, 0.5) is 5.69 Å². The smallest absolute Gasteiger partial charge is 0.260 e. The van der Waals surface area contributed by atoms with Gasteiger partial charge in [-0.15, -0.1) is 10.2 Å². The van der Waals surface area contributed by atoms with E-state index in [2.05, 4.69) is 66.7 Å². The summed E-state index contributed by atoms with van der Waals surface area (Å²) in [6.45, 7) is 6.63. The number of anilines is 1. The molecule has 0 saturated carbocycles. The quantitative estimate of drug-likeness (QED) is 0.347. The van der Waals surface area contributed by atoms with Gasteiger partial charge in [-0.1, -0.05) is 35.9 Å². The van der Waals surface area contributed by atoms with Crippen molar-refractivity contribution in [3.05, 3.63) is 81.5 Å². The van der Waals surface area contributed by atoms with E-state index in [1.165, 1.54) is 5.69 Å². The normalized spacial score (nSPS) is 14.3. The maximum Gasteiger partial charge on any atom is 0.260 e. The number of aromatic amines is 1. The molecular weight excluding hydrogens is 514 g/mol. The Bertz CT molecular complexity index is 1670. The zero-order chi connectivity index (χ0) is 26.9. The molecule has 0 atom stereocenters. The first-order valence-corrected chi connectivity index (χ1v) is 13.3. The van der Waals surface area contributed by atoms with Gasteiger partial charge in [-0.3, -0.25) is 9.36 Å². The second kappa shape index (κ2) is 10.5. The number of H-pyrrole nitrogens is 1. The summed E-state index contributed by atoms with van der Waals surface area (Å²) >= 11 is 6.61. The van der Waals surface area contributed by atoms with E-state index in [9.17, 15) is 4.79 Å². The SMILES string of the molecule is CCn1c(=O)c(-c2ccc(-c3nn[nH]n3)cc2Cl)cc2cnc(Cc3ccc(N4CCN(C)CC4)cc3)nc21. The van der Waals surface area contributed by atoms with Crippen LogP contribution < -0.4 is 10.5 Å². The molecule has 0 amide bonds. The molecule has 0 unspecified atom stereocenters. The molecule has 0 spiro atoms. The molecule has 1 aliphatic rings. The van der Waals surface area contributed by atoms with Gasteiger partial charge in [0.2, 0.25) is 5.82 Å². The Balaban J connectivity index is 1.29. The number of aromatic nitrogens is 7. The van der Waals surface area contributed by atoms with Crippen LogP contribution in [0, 0.1) is 0 Å². The van der Waals surface area contributed by atoms with Crippen molar-refractivity contribution in [2.24, 2.45) is 0 Å². The van der Waals surface area contributed by atoms with Crippen molar-refractivity contribution in [2.45, 2.75) is 19.9 Å². The molecule has 39 heavy (non-hydrogen) atoms. The lowest BCUT2D eigenvalue weighted by atomic mass is 10.0. The van der Waals surface area contributed by atoms with Crippen LogP contribution in [0.5, 0.6) is 0 Å². The fraction of sp³-hybridized carbons (Fsp3) is 0.286. The van der Waals surface area contributed by atoms with Crippen LogP contribution in [-0.4, -0.2) is 73.3 Å². The number of aryl methyl sites for hydroxylation is 1. The topological polar surface area (TPSA) is 109 Å². The Hall–Kier alpha value is -4.15. The number of fused-ring (bicyclic) bond motifs is 1. The van der Waals surface area contributed by atoms with Gasteiger partial charge >= 0.3 is 0 Å². The van der Waals surface area contributed by atoms with Gasteiger partial charge in [0.05, 0.1) is 0 Å². The summed E-state index contributed by atoms with van der Waals surface area (Å²) in [7, 11) is 2.16. The summed E-state index contributed by atoms with van der Waals surface area (Å²) in [5, 5.41) is 15.2. The second-order valence-corrected chi connectivity index (χ2v) is 10.1. The van der Waals surface area contributed by atoms with Crippen molar-refractivity contribution in [3.8, 4) is 22.5 Å². The lowest BCUT2D eigenvalue weighted by Gasteiger charge is -2.34. The van der Waals surface area contributed by atoms with Gasteiger partial charge in [0, 0.05) is 78.1 Å². The van der Waals surface area contributed by atoms with Gasteiger partial charge in [-0.2, -0.15) is 5.21 Å². The summed E-state index contributed by atoms with van der Waals surface area (Å²) in [4.78, 5) is 27.8. The average molecular weight is 542 g/mol. The summed E-state index contributed by atoms with van der Waals surface area (Å²) in [6.07, 6.45) is 2.37. The van der Waals surface area contributed by atoms with E-state index in [1.54, 1.807) is 22.9 Å². The van der Waals surface area contributed by atoms with Crippen LogP contribution in [0.15, 0.2) is 59.5 Å². The Morgan fingerprint density at radius 3 is 2.49 bits per heavy atom. The van der Waals surface area contributed by atoms with Crippen LogP contribution in [0.2, 0.25) is 5.02 Å². The standard InChI is InChI=1S/C28H28ClN9O/c1-3-38-27-20(15-23(28(38)39)22-9-6-19(16-24(22)29)26-32-34-35-33-26)17-30-25(31-27)14-18-4-7-21(8-5-18)37-12-10-36(2)11-13-37/h4-9,15-17H,3,10-14H2,1-2H3,(H,32,33,34,35). The molecule has 0 bridgehead atoms. The first-order chi connectivity index (χ1) is 19.0. The van der Waals surface area contributed by atoms with Crippen molar-refractivity contribution in [1.82, 2.24) is 40.1 Å². The molecule has 5 aromatic rings. The summed E-state index contributed by atoms with van der Waals surface area (Å²) < 4.78 is 1.68. The summed E-state index contributed by atoms with van der Waals surface area (Å²) in [5.74, 6) is 1.11. The van der Waals surface area contributed by atoms with Crippen molar-refractivity contribution in [3.63, 3.8) is 0 Å². The molecule has 1 N–H and O–H groups in total. The third-order valence-electron chi connectivity index (χ3n) is 7.22. The first-order valence-electron chi connectivity index (χ1n) is 13.0. The molecule has 0 aliphatic carbocycles. The van der Waals surface area contributed by atoms with E-state index in [4.69, 9.17) is 16.6 Å². The average Bonchev–Trinajstić information content (AvgIpc) is 3.49. The molecule has 6 rings (SSSR count). The fourth-order valence-electron chi connectivity index (χ4n) is 4.99. The predicted molar refractivity (Wildman–Crippen MR) is 152 cm³/mol. The monoisotopic (exact) mass is 541 g/mol. The van der Waals surface area contributed by atoms with Crippen LogP contribution >= 0.6 is 11.6 Å². The fourth-order valence-corrected chi connectivity index (χ4v) is 5.28. The minimum atomic E-state index is -0.152. The highest BCUT2D eigenvalue weighted by molar-refractivity contribution is 6.33. The van der Waals surface area contributed by atoms with Gasteiger partial charge in [-0.25, -0.2) is 9.97 Å². The van der Waals surface area contributed by atoms with Crippen molar-refractivity contribution < 1.29 is 0 Å². The second-order valence-electron chi connectivity index (χ2n) is 9.74.